The van der Waals surface area contributed by atoms with Crippen LogP contribution < -0.4 is 0 Å². The first-order valence-corrected chi connectivity index (χ1v) is 7.58. The topological polar surface area (TPSA) is 82.2 Å². The maximum absolute atomic E-state index is 13.5. The van der Waals surface area contributed by atoms with Gasteiger partial charge in [0.05, 0.1) is 18.1 Å². The van der Waals surface area contributed by atoms with Gasteiger partial charge in [0.25, 0.3) is 0 Å². The third kappa shape index (κ3) is 3.86. The van der Waals surface area contributed by atoms with Gasteiger partial charge in [-0.05, 0) is 17.7 Å². The first-order valence-electron chi connectivity index (χ1n) is 7.58. The number of alkyl halides is 3. The molecule has 0 bridgehead atoms. The Labute approximate surface area is 148 Å². The fourth-order valence-electron chi connectivity index (χ4n) is 2.53. The van der Waals surface area contributed by atoms with E-state index in [2.05, 4.69) is 4.98 Å². The summed E-state index contributed by atoms with van der Waals surface area (Å²) in [4.78, 5) is 17.0. The molecule has 6 nitrogen and oxygen atoms in total. The second-order valence-electron chi connectivity index (χ2n) is 5.96. The molecule has 1 atom stereocenters. The molecule has 0 saturated carbocycles. The van der Waals surface area contributed by atoms with Crippen LogP contribution in [0.5, 0.6) is 0 Å². The highest BCUT2D eigenvalue weighted by Crippen LogP contribution is 2.41. The summed E-state index contributed by atoms with van der Waals surface area (Å²) in [6.07, 6.45) is -3.90. The Kier molecular flexibility index (Phi) is 5.37. The van der Waals surface area contributed by atoms with Gasteiger partial charge in [0.15, 0.2) is 5.82 Å². The van der Waals surface area contributed by atoms with E-state index in [9.17, 15) is 23.1 Å². The van der Waals surface area contributed by atoms with Gasteiger partial charge in [-0.3, -0.25) is 4.79 Å². The van der Waals surface area contributed by atoms with Crippen LogP contribution in [0.4, 0.5) is 13.2 Å². The van der Waals surface area contributed by atoms with Gasteiger partial charge in [-0.2, -0.15) is 18.4 Å². The Morgan fingerprint density at radius 1 is 1.42 bits per heavy atom. The fraction of sp³-hybridized carbons (Fsp3) is 0.353. The molecule has 2 aromatic rings. The lowest BCUT2D eigenvalue weighted by Gasteiger charge is -2.31. The van der Waals surface area contributed by atoms with Crippen molar-refractivity contribution < 1.29 is 23.1 Å². The molecule has 0 radical (unpaired) electrons. The number of aliphatic hydroxyl groups is 1. The maximum Gasteiger partial charge on any atom is 0.425 e. The minimum atomic E-state index is -5.08. The number of carbonyl (C=O) groups excluding carboxylic acids is 1. The number of amides is 1. The number of carbonyl (C=O) groups is 1. The number of benzene rings is 1. The van der Waals surface area contributed by atoms with Gasteiger partial charge in [0.1, 0.15) is 0 Å². The summed E-state index contributed by atoms with van der Waals surface area (Å²) in [6, 6.07) is 8.34. The highest BCUT2D eigenvalue weighted by Gasteiger charge is 2.58. The van der Waals surface area contributed by atoms with Crippen molar-refractivity contribution in [3.63, 3.8) is 0 Å². The molecular formula is C17H17F3N4O2. The van der Waals surface area contributed by atoms with E-state index in [-0.39, 0.29) is 6.54 Å². The maximum atomic E-state index is 13.5. The second-order valence-corrected chi connectivity index (χ2v) is 5.96. The van der Waals surface area contributed by atoms with Crippen molar-refractivity contribution in [2.45, 2.75) is 24.7 Å². The van der Waals surface area contributed by atoms with Crippen molar-refractivity contribution in [2.75, 3.05) is 7.05 Å². The summed E-state index contributed by atoms with van der Waals surface area (Å²) >= 11 is 0. The minimum absolute atomic E-state index is 0.00283. The number of aromatic nitrogens is 2. The van der Waals surface area contributed by atoms with Gasteiger partial charge in [-0.25, -0.2) is 4.98 Å². The number of halogens is 3. The average molecular weight is 366 g/mol. The quantitative estimate of drug-likeness (QED) is 0.879. The van der Waals surface area contributed by atoms with E-state index >= 15 is 0 Å². The monoisotopic (exact) mass is 366 g/mol. The van der Waals surface area contributed by atoms with Crippen LogP contribution in [-0.2, 0) is 24.0 Å². The molecule has 1 N–H and O–H groups in total. The molecule has 0 fully saturated rings. The van der Waals surface area contributed by atoms with E-state index in [1.54, 1.807) is 24.3 Å². The second kappa shape index (κ2) is 7.17. The predicted molar refractivity (Wildman–Crippen MR) is 85.4 cm³/mol. The van der Waals surface area contributed by atoms with E-state index in [1.807, 2.05) is 6.07 Å². The van der Waals surface area contributed by atoms with Gasteiger partial charge in [-0.15, -0.1) is 0 Å². The standard InChI is InChI=1S/C17H17F3N4O2/c1-23-7-6-22-15(23)16(26,17(18,19)20)9-14(25)24(2)11-13-5-3-4-12(8-13)10-21/h3-8,26H,9,11H2,1-2H3. The highest BCUT2D eigenvalue weighted by molar-refractivity contribution is 5.77. The predicted octanol–water partition coefficient (Wildman–Crippen LogP) is 2.09. The number of nitriles is 1. The van der Waals surface area contributed by atoms with Gasteiger partial charge in [0, 0.05) is 33.0 Å². The summed E-state index contributed by atoms with van der Waals surface area (Å²) < 4.78 is 41.5. The van der Waals surface area contributed by atoms with E-state index in [4.69, 9.17) is 5.26 Å². The summed E-state index contributed by atoms with van der Waals surface area (Å²) in [5, 5.41) is 19.1. The first-order chi connectivity index (χ1) is 12.1. The Bertz CT molecular complexity index is 841. The number of hydrogen-bond donors (Lipinski definition) is 1. The van der Waals surface area contributed by atoms with E-state index in [0.717, 1.165) is 15.7 Å². The van der Waals surface area contributed by atoms with Crippen molar-refractivity contribution in [1.82, 2.24) is 14.5 Å². The van der Waals surface area contributed by atoms with Gasteiger partial charge in [0.2, 0.25) is 11.5 Å². The van der Waals surface area contributed by atoms with E-state index < -0.39 is 29.9 Å². The van der Waals surface area contributed by atoms with Crippen LogP contribution in [-0.4, -0.2) is 38.7 Å². The van der Waals surface area contributed by atoms with Gasteiger partial charge in [-0.1, -0.05) is 12.1 Å². The van der Waals surface area contributed by atoms with Gasteiger partial charge < -0.3 is 14.6 Å². The molecule has 9 heteroatoms. The van der Waals surface area contributed by atoms with Crippen molar-refractivity contribution in [2.24, 2.45) is 7.05 Å². The molecule has 0 saturated heterocycles. The van der Waals surface area contributed by atoms with Crippen molar-refractivity contribution in [1.29, 1.82) is 5.26 Å². The molecule has 1 heterocycles. The van der Waals surface area contributed by atoms with Crippen LogP contribution >= 0.6 is 0 Å². The number of imidazole rings is 1. The van der Waals surface area contributed by atoms with Crippen LogP contribution in [0.15, 0.2) is 36.7 Å². The summed E-state index contributed by atoms with van der Waals surface area (Å²) in [5.41, 5.74) is -2.43. The lowest BCUT2D eigenvalue weighted by atomic mass is 9.96. The zero-order chi connectivity index (χ0) is 19.5. The summed E-state index contributed by atoms with van der Waals surface area (Å²) in [6.45, 7) is 0.00283. The van der Waals surface area contributed by atoms with Crippen LogP contribution in [0.1, 0.15) is 23.4 Å². The molecule has 2 rings (SSSR count). The molecule has 1 aromatic heterocycles. The zero-order valence-corrected chi connectivity index (χ0v) is 14.2. The number of hydrogen-bond acceptors (Lipinski definition) is 4. The summed E-state index contributed by atoms with van der Waals surface area (Å²) in [7, 11) is 2.64. The Balaban J connectivity index is 2.22. The van der Waals surface area contributed by atoms with Crippen LogP contribution in [0.2, 0.25) is 0 Å². The lowest BCUT2D eigenvalue weighted by molar-refractivity contribution is -0.271. The van der Waals surface area contributed by atoms with Crippen molar-refractivity contribution >= 4 is 5.91 Å². The molecule has 1 aromatic carbocycles. The van der Waals surface area contributed by atoms with Gasteiger partial charge >= 0.3 is 6.18 Å². The third-order valence-corrected chi connectivity index (χ3v) is 3.97. The Morgan fingerprint density at radius 2 is 2.12 bits per heavy atom. The highest BCUT2D eigenvalue weighted by atomic mass is 19.4. The SMILES string of the molecule is CN(Cc1cccc(C#N)c1)C(=O)CC(O)(c1nccn1C)C(F)(F)F. The molecule has 0 spiro atoms. The number of nitrogens with zero attached hydrogens (tertiary/aromatic N) is 4. The lowest BCUT2D eigenvalue weighted by Crippen LogP contribution is -2.48. The molecule has 0 aliphatic carbocycles. The number of rotatable bonds is 5. The molecule has 138 valence electrons. The normalized spacial score (nSPS) is 13.7. The fourth-order valence-corrected chi connectivity index (χ4v) is 2.53. The molecule has 1 amide bonds. The first kappa shape index (κ1) is 19.5. The van der Waals surface area contributed by atoms with Crippen LogP contribution in [0, 0.1) is 11.3 Å². The molecule has 1 unspecified atom stereocenters. The smallest absolute Gasteiger partial charge is 0.374 e. The van der Waals surface area contributed by atoms with E-state index in [0.29, 0.717) is 11.1 Å². The third-order valence-electron chi connectivity index (χ3n) is 3.97. The molecule has 0 aliphatic rings. The Hall–Kier alpha value is -2.86. The van der Waals surface area contributed by atoms with Crippen molar-refractivity contribution in [3.05, 3.63) is 53.6 Å². The molecule has 26 heavy (non-hydrogen) atoms. The summed E-state index contributed by atoms with van der Waals surface area (Å²) in [5.74, 6) is -1.56. The zero-order valence-electron chi connectivity index (χ0n) is 14.2. The Morgan fingerprint density at radius 3 is 2.65 bits per heavy atom. The van der Waals surface area contributed by atoms with Crippen molar-refractivity contribution in [3.8, 4) is 6.07 Å². The molecular weight excluding hydrogens is 349 g/mol. The van der Waals surface area contributed by atoms with E-state index in [1.165, 1.54) is 20.3 Å². The molecule has 0 aliphatic heterocycles. The number of aryl methyl sites for hydroxylation is 1. The largest absolute Gasteiger partial charge is 0.425 e. The average Bonchev–Trinajstić information content (AvgIpc) is 3.00. The van der Waals surface area contributed by atoms with Crippen LogP contribution in [0.25, 0.3) is 0 Å². The van der Waals surface area contributed by atoms with Crippen LogP contribution in [0.3, 0.4) is 0 Å². The minimum Gasteiger partial charge on any atom is -0.374 e.